The highest BCUT2D eigenvalue weighted by Crippen LogP contribution is 2.29. The van der Waals surface area contributed by atoms with Gasteiger partial charge in [0.15, 0.2) is 0 Å². The van der Waals surface area contributed by atoms with Gasteiger partial charge in [-0.05, 0) is 52.8 Å². The predicted octanol–water partition coefficient (Wildman–Crippen LogP) is 2.30. The second-order valence-corrected chi connectivity index (χ2v) is 7.09. The fourth-order valence-electron chi connectivity index (χ4n) is 2.94. The number of nitrogens with one attached hydrogen (secondary N) is 1. The number of fused-ring (bicyclic) bond motifs is 2. The van der Waals surface area contributed by atoms with Crippen molar-refractivity contribution >= 4 is 51.6 Å². The average molecular weight is 385 g/mol. The molecule has 0 bridgehead atoms. The number of carbonyl (C=O) groups excluding carboxylic acids is 2. The summed E-state index contributed by atoms with van der Waals surface area (Å²) in [5, 5.41) is 13.1. The van der Waals surface area contributed by atoms with Crippen molar-refractivity contribution in [2.75, 3.05) is 12.4 Å². The summed E-state index contributed by atoms with van der Waals surface area (Å²) in [4.78, 5) is 24.6. The monoisotopic (exact) mass is 385 g/mol. The first kappa shape index (κ1) is 17.7. The maximum absolute atomic E-state index is 14.3. The summed E-state index contributed by atoms with van der Waals surface area (Å²) in [6, 6.07) is 9.30. The SMILES string of the molecule is COC(=O)c1cc2cc(NC(=O)c3cc4c(cc3F)COB4O)ccc2s1. The number of hydrogen-bond donors (Lipinski definition) is 2. The van der Waals surface area contributed by atoms with Crippen LogP contribution in [0.5, 0.6) is 0 Å². The van der Waals surface area contributed by atoms with Crippen LogP contribution in [0.4, 0.5) is 10.1 Å². The predicted molar refractivity (Wildman–Crippen MR) is 99.9 cm³/mol. The molecule has 0 aliphatic carbocycles. The normalized spacial score (nSPS) is 12.9. The van der Waals surface area contributed by atoms with Gasteiger partial charge in [0, 0.05) is 10.4 Å². The van der Waals surface area contributed by atoms with Crippen molar-refractivity contribution in [3.8, 4) is 0 Å². The average Bonchev–Trinajstić information content (AvgIpc) is 3.23. The van der Waals surface area contributed by atoms with E-state index in [1.165, 1.54) is 30.6 Å². The van der Waals surface area contributed by atoms with Gasteiger partial charge in [0.1, 0.15) is 10.7 Å². The van der Waals surface area contributed by atoms with Crippen molar-refractivity contribution in [3.05, 3.63) is 58.2 Å². The molecule has 27 heavy (non-hydrogen) atoms. The molecule has 2 heterocycles. The zero-order valence-corrected chi connectivity index (χ0v) is 14.9. The summed E-state index contributed by atoms with van der Waals surface area (Å²) in [7, 11) is 0.150. The summed E-state index contributed by atoms with van der Waals surface area (Å²) < 4.78 is 24.9. The minimum atomic E-state index is -1.16. The van der Waals surface area contributed by atoms with Crippen LogP contribution in [0.3, 0.4) is 0 Å². The molecule has 9 heteroatoms. The van der Waals surface area contributed by atoms with Gasteiger partial charge in [-0.1, -0.05) is 0 Å². The Morgan fingerprint density at radius 2 is 2.11 bits per heavy atom. The molecule has 136 valence electrons. The van der Waals surface area contributed by atoms with Gasteiger partial charge in [-0.3, -0.25) is 4.79 Å². The third-order valence-electron chi connectivity index (χ3n) is 4.30. The van der Waals surface area contributed by atoms with E-state index >= 15 is 0 Å². The quantitative estimate of drug-likeness (QED) is 0.534. The maximum Gasteiger partial charge on any atom is 0.491 e. The third-order valence-corrected chi connectivity index (χ3v) is 5.39. The van der Waals surface area contributed by atoms with E-state index in [1.807, 2.05) is 0 Å². The molecule has 0 unspecified atom stereocenters. The van der Waals surface area contributed by atoms with E-state index in [0.29, 0.717) is 21.6 Å². The molecule has 4 rings (SSSR count). The number of thiophene rings is 1. The van der Waals surface area contributed by atoms with Crippen LogP contribution in [0.2, 0.25) is 0 Å². The first-order chi connectivity index (χ1) is 13.0. The van der Waals surface area contributed by atoms with E-state index in [-0.39, 0.29) is 12.2 Å². The van der Waals surface area contributed by atoms with Gasteiger partial charge in [-0.2, -0.15) is 0 Å². The number of rotatable bonds is 3. The summed E-state index contributed by atoms with van der Waals surface area (Å²) in [5.74, 6) is -1.76. The van der Waals surface area contributed by atoms with Gasteiger partial charge >= 0.3 is 13.1 Å². The molecule has 0 fully saturated rings. The fourth-order valence-corrected chi connectivity index (χ4v) is 3.90. The van der Waals surface area contributed by atoms with E-state index in [2.05, 4.69) is 5.32 Å². The van der Waals surface area contributed by atoms with Gasteiger partial charge in [-0.15, -0.1) is 11.3 Å². The van der Waals surface area contributed by atoms with Crippen molar-refractivity contribution in [2.45, 2.75) is 6.61 Å². The van der Waals surface area contributed by atoms with Gasteiger partial charge in [-0.25, -0.2) is 9.18 Å². The molecule has 1 amide bonds. The number of methoxy groups -OCH3 is 1. The standard InChI is InChI=1S/C18H13BFNO5S/c1-25-18(23)16-6-9-4-11(2-3-15(9)27-16)21-17(22)12-7-13-10(5-14(12)20)8-26-19(13)24/h2-7,24H,8H2,1H3,(H,21,22). The summed E-state index contributed by atoms with van der Waals surface area (Å²) in [6.07, 6.45) is 0. The van der Waals surface area contributed by atoms with E-state index in [4.69, 9.17) is 9.39 Å². The smallest absolute Gasteiger partial charge is 0.465 e. The van der Waals surface area contributed by atoms with Crippen molar-refractivity contribution < 1.29 is 28.4 Å². The molecule has 6 nitrogen and oxygen atoms in total. The molecule has 0 atom stereocenters. The van der Waals surface area contributed by atoms with E-state index < -0.39 is 24.8 Å². The minimum absolute atomic E-state index is 0.104. The molecule has 0 saturated heterocycles. The van der Waals surface area contributed by atoms with Crippen LogP contribution >= 0.6 is 11.3 Å². The van der Waals surface area contributed by atoms with Crippen LogP contribution < -0.4 is 10.8 Å². The molecule has 0 saturated carbocycles. The Kier molecular flexibility index (Phi) is 4.43. The summed E-state index contributed by atoms with van der Waals surface area (Å²) in [6.45, 7) is 0.104. The van der Waals surface area contributed by atoms with Crippen molar-refractivity contribution in [3.63, 3.8) is 0 Å². The first-order valence-corrected chi connectivity index (χ1v) is 8.83. The van der Waals surface area contributed by atoms with Crippen LogP contribution in [0.1, 0.15) is 25.6 Å². The summed E-state index contributed by atoms with van der Waals surface area (Å²) >= 11 is 1.28. The molecular formula is C18H13BFNO5S. The highest BCUT2D eigenvalue weighted by molar-refractivity contribution is 7.20. The number of esters is 1. The Bertz CT molecular complexity index is 1080. The molecule has 1 aliphatic rings. The number of amides is 1. The van der Waals surface area contributed by atoms with E-state index in [9.17, 15) is 19.0 Å². The van der Waals surface area contributed by atoms with Crippen LogP contribution in [0, 0.1) is 5.82 Å². The Morgan fingerprint density at radius 1 is 1.30 bits per heavy atom. The maximum atomic E-state index is 14.3. The van der Waals surface area contributed by atoms with Crippen molar-refractivity contribution in [2.24, 2.45) is 0 Å². The Morgan fingerprint density at radius 3 is 2.89 bits per heavy atom. The largest absolute Gasteiger partial charge is 0.491 e. The minimum Gasteiger partial charge on any atom is -0.465 e. The zero-order chi connectivity index (χ0) is 19.1. The number of hydrogen-bond acceptors (Lipinski definition) is 6. The lowest BCUT2D eigenvalue weighted by Crippen LogP contribution is -2.30. The number of benzene rings is 2. The fraction of sp³-hybridized carbons (Fsp3) is 0.111. The number of anilines is 1. The first-order valence-electron chi connectivity index (χ1n) is 8.01. The third kappa shape index (κ3) is 3.20. The molecule has 3 aromatic rings. The molecule has 2 aromatic carbocycles. The molecular weight excluding hydrogens is 372 g/mol. The zero-order valence-electron chi connectivity index (χ0n) is 14.1. The second-order valence-electron chi connectivity index (χ2n) is 6.00. The summed E-state index contributed by atoms with van der Waals surface area (Å²) in [5.41, 5.74) is 1.18. The highest BCUT2D eigenvalue weighted by atomic mass is 32.1. The van der Waals surface area contributed by atoms with Crippen molar-refractivity contribution in [1.29, 1.82) is 0 Å². The second kappa shape index (κ2) is 6.77. The molecule has 2 N–H and O–H groups in total. The molecule has 0 spiro atoms. The van der Waals surface area contributed by atoms with Crippen LogP contribution in [0.15, 0.2) is 36.4 Å². The Labute approximate surface area is 157 Å². The molecule has 1 aliphatic heterocycles. The van der Waals surface area contributed by atoms with Crippen LogP contribution in [-0.4, -0.2) is 31.1 Å². The van der Waals surface area contributed by atoms with Gasteiger partial charge in [0.25, 0.3) is 5.91 Å². The Balaban J connectivity index is 1.61. The number of halogens is 1. The van der Waals surface area contributed by atoms with E-state index in [1.54, 1.807) is 24.3 Å². The number of ether oxygens (including phenoxy) is 1. The lowest BCUT2D eigenvalue weighted by Gasteiger charge is -2.08. The molecule has 0 radical (unpaired) electrons. The van der Waals surface area contributed by atoms with Gasteiger partial charge < -0.3 is 19.7 Å². The highest BCUT2D eigenvalue weighted by Gasteiger charge is 2.30. The topological polar surface area (TPSA) is 84.9 Å². The Hall–Kier alpha value is -2.75. The lowest BCUT2D eigenvalue weighted by atomic mass is 9.78. The molecule has 1 aromatic heterocycles. The van der Waals surface area contributed by atoms with Crippen LogP contribution in [0.25, 0.3) is 10.1 Å². The van der Waals surface area contributed by atoms with Crippen LogP contribution in [-0.2, 0) is 16.0 Å². The van der Waals surface area contributed by atoms with Gasteiger partial charge in [0.2, 0.25) is 0 Å². The van der Waals surface area contributed by atoms with E-state index in [0.717, 1.165) is 10.1 Å². The number of carbonyl (C=O) groups is 2. The lowest BCUT2D eigenvalue weighted by molar-refractivity contribution is 0.0606. The van der Waals surface area contributed by atoms with Crippen molar-refractivity contribution in [1.82, 2.24) is 0 Å². The van der Waals surface area contributed by atoms with Gasteiger partial charge in [0.05, 0.1) is 19.3 Å².